The van der Waals surface area contributed by atoms with Crippen LogP contribution in [-0.2, 0) is 11.2 Å². The Kier molecular flexibility index (Phi) is 3.22. The molecule has 0 aliphatic rings. The summed E-state index contributed by atoms with van der Waals surface area (Å²) in [5.41, 5.74) is 9.04. The zero-order valence-corrected chi connectivity index (χ0v) is 9.23. The second-order valence-electron chi connectivity index (χ2n) is 3.64. The lowest BCUT2D eigenvalue weighted by Crippen LogP contribution is -1.94. The van der Waals surface area contributed by atoms with Crippen LogP contribution in [0.5, 0.6) is 0 Å². The highest BCUT2D eigenvalue weighted by Gasteiger charge is 2.04. The van der Waals surface area contributed by atoms with Crippen molar-refractivity contribution in [3.05, 3.63) is 36.0 Å². The van der Waals surface area contributed by atoms with E-state index in [1.165, 1.54) is 5.56 Å². The van der Waals surface area contributed by atoms with Gasteiger partial charge in [-0.3, -0.25) is 5.10 Å². The zero-order valence-electron chi connectivity index (χ0n) is 9.23. The SMILES string of the molecule is COCCc1cccc(-c2cn[nH]c2N)c1. The molecular weight excluding hydrogens is 202 g/mol. The molecule has 0 saturated carbocycles. The van der Waals surface area contributed by atoms with E-state index < -0.39 is 0 Å². The minimum atomic E-state index is 0.601. The van der Waals surface area contributed by atoms with Crippen LogP contribution in [0.4, 0.5) is 5.82 Å². The molecule has 2 aromatic rings. The van der Waals surface area contributed by atoms with E-state index in [0.717, 1.165) is 24.2 Å². The fraction of sp³-hybridized carbons (Fsp3) is 0.250. The molecule has 0 spiro atoms. The van der Waals surface area contributed by atoms with Crippen LogP contribution < -0.4 is 5.73 Å². The second-order valence-corrected chi connectivity index (χ2v) is 3.64. The maximum atomic E-state index is 5.78. The average Bonchev–Trinajstić information content (AvgIpc) is 2.73. The minimum absolute atomic E-state index is 0.601. The van der Waals surface area contributed by atoms with E-state index in [1.54, 1.807) is 13.3 Å². The third-order valence-electron chi connectivity index (χ3n) is 2.50. The third-order valence-corrected chi connectivity index (χ3v) is 2.50. The van der Waals surface area contributed by atoms with Gasteiger partial charge in [-0.15, -0.1) is 0 Å². The molecule has 84 valence electrons. The summed E-state index contributed by atoms with van der Waals surface area (Å²) in [6.07, 6.45) is 2.65. The molecule has 4 heteroatoms. The largest absolute Gasteiger partial charge is 0.384 e. The maximum absolute atomic E-state index is 5.78. The summed E-state index contributed by atoms with van der Waals surface area (Å²) in [7, 11) is 1.71. The first-order valence-electron chi connectivity index (χ1n) is 5.18. The Bertz CT molecular complexity index is 465. The highest BCUT2D eigenvalue weighted by atomic mass is 16.5. The summed E-state index contributed by atoms with van der Waals surface area (Å²) in [6, 6.07) is 8.24. The van der Waals surface area contributed by atoms with Gasteiger partial charge in [-0.05, 0) is 17.5 Å². The number of anilines is 1. The quantitative estimate of drug-likeness (QED) is 0.821. The third kappa shape index (κ3) is 2.23. The van der Waals surface area contributed by atoms with Crippen molar-refractivity contribution >= 4 is 5.82 Å². The maximum Gasteiger partial charge on any atom is 0.126 e. The summed E-state index contributed by atoms with van der Waals surface area (Å²) >= 11 is 0. The Hall–Kier alpha value is -1.81. The number of rotatable bonds is 4. The van der Waals surface area contributed by atoms with Gasteiger partial charge < -0.3 is 10.5 Å². The molecular formula is C12H15N3O. The standard InChI is InChI=1S/C12H15N3O/c1-16-6-5-9-3-2-4-10(7-9)11-8-14-15-12(11)13/h2-4,7-8H,5-6H2,1H3,(H3,13,14,15). The lowest BCUT2D eigenvalue weighted by atomic mass is 10.0. The summed E-state index contributed by atoms with van der Waals surface area (Å²) in [4.78, 5) is 0. The van der Waals surface area contributed by atoms with Crippen molar-refractivity contribution in [2.45, 2.75) is 6.42 Å². The first-order valence-corrected chi connectivity index (χ1v) is 5.18. The number of nitrogens with two attached hydrogens (primary N) is 1. The molecule has 16 heavy (non-hydrogen) atoms. The normalized spacial score (nSPS) is 10.6. The van der Waals surface area contributed by atoms with Crippen LogP contribution in [0, 0.1) is 0 Å². The number of benzene rings is 1. The molecule has 0 unspecified atom stereocenters. The van der Waals surface area contributed by atoms with E-state index in [1.807, 2.05) is 12.1 Å². The van der Waals surface area contributed by atoms with E-state index in [4.69, 9.17) is 10.5 Å². The van der Waals surface area contributed by atoms with E-state index >= 15 is 0 Å². The zero-order chi connectivity index (χ0) is 11.4. The van der Waals surface area contributed by atoms with Gasteiger partial charge in [0.05, 0.1) is 12.8 Å². The van der Waals surface area contributed by atoms with Gasteiger partial charge in [0.25, 0.3) is 0 Å². The Morgan fingerprint density at radius 3 is 3.00 bits per heavy atom. The molecule has 0 atom stereocenters. The summed E-state index contributed by atoms with van der Waals surface area (Å²) in [5.74, 6) is 0.601. The Labute approximate surface area is 94.4 Å². The van der Waals surface area contributed by atoms with Gasteiger partial charge in [-0.2, -0.15) is 5.10 Å². The van der Waals surface area contributed by atoms with Gasteiger partial charge in [0.2, 0.25) is 0 Å². The van der Waals surface area contributed by atoms with Crippen molar-refractivity contribution in [3.63, 3.8) is 0 Å². The average molecular weight is 217 g/mol. The van der Waals surface area contributed by atoms with Gasteiger partial charge >= 0.3 is 0 Å². The van der Waals surface area contributed by atoms with Crippen molar-refractivity contribution in [2.24, 2.45) is 0 Å². The van der Waals surface area contributed by atoms with Crippen LogP contribution in [0.15, 0.2) is 30.5 Å². The molecule has 3 N–H and O–H groups in total. The van der Waals surface area contributed by atoms with Crippen molar-refractivity contribution in [2.75, 3.05) is 19.5 Å². The van der Waals surface area contributed by atoms with Gasteiger partial charge in [0, 0.05) is 12.7 Å². The molecule has 0 aliphatic heterocycles. The molecule has 2 rings (SSSR count). The molecule has 1 aromatic carbocycles. The van der Waals surface area contributed by atoms with Crippen molar-refractivity contribution < 1.29 is 4.74 Å². The number of aromatic amines is 1. The number of hydrogen-bond donors (Lipinski definition) is 2. The molecule has 0 fully saturated rings. The monoisotopic (exact) mass is 217 g/mol. The number of nitrogens with zero attached hydrogens (tertiary/aromatic N) is 1. The lowest BCUT2D eigenvalue weighted by Gasteiger charge is -2.04. The van der Waals surface area contributed by atoms with E-state index in [-0.39, 0.29) is 0 Å². The van der Waals surface area contributed by atoms with Crippen LogP contribution in [0.25, 0.3) is 11.1 Å². The number of methoxy groups -OCH3 is 1. The second kappa shape index (κ2) is 4.81. The highest BCUT2D eigenvalue weighted by Crippen LogP contribution is 2.24. The summed E-state index contributed by atoms with van der Waals surface area (Å²) in [5, 5.41) is 6.65. The molecule has 1 aromatic heterocycles. The molecule has 0 amide bonds. The highest BCUT2D eigenvalue weighted by molar-refractivity contribution is 5.73. The van der Waals surface area contributed by atoms with Gasteiger partial charge in [0.15, 0.2) is 0 Å². The lowest BCUT2D eigenvalue weighted by molar-refractivity contribution is 0.202. The van der Waals surface area contributed by atoms with Crippen LogP contribution in [0.1, 0.15) is 5.56 Å². The van der Waals surface area contributed by atoms with Crippen LogP contribution >= 0.6 is 0 Å². The van der Waals surface area contributed by atoms with E-state index in [2.05, 4.69) is 22.3 Å². The fourth-order valence-corrected chi connectivity index (χ4v) is 1.64. The van der Waals surface area contributed by atoms with Gasteiger partial charge in [0.1, 0.15) is 5.82 Å². The Morgan fingerprint density at radius 1 is 1.44 bits per heavy atom. The molecule has 4 nitrogen and oxygen atoms in total. The topological polar surface area (TPSA) is 63.9 Å². The number of nitrogen functional groups attached to an aromatic ring is 1. The molecule has 1 heterocycles. The Balaban J connectivity index is 2.26. The van der Waals surface area contributed by atoms with Crippen LogP contribution in [0.2, 0.25) is 0 Å². The number of aromatic nitrogens is 2. The molecule has 0 bridgehead atoms. The first-order chi connectivity index (χ1) is 7.81. The number of H-pyrrole nitrogens is 1. The molecule has 0 saturated heterocycles. The van der Waals surface area contributed by atoms with Crippen LogP contribution in [-0.4, -0.2) is 23.9 Å². The predicted octanol–water partition coefficient (Wildman–Crippen LogP) is 1.85. The summed E-state index contributed by atoms with van der Waals surface area (Å²) in [6.45, 7) is 0.727. The smallest absolute Gasteiger partial charge is 0.126 e. The number of ether oxygens (including phenoxy) is 1. The Morgan fingerprint density at radius 2 is 2.31 bits per heavy atom. The molecule has 0 aliphatic carbocycles. The van der Waals surface area contributed by atoms with Gasteiger partial charge in [-0.1, -0.05) is 24.3 Å². The van der Waals surface area contributed by atoms with E-state index in [0.29, 0.717) is 5.82 Å². The van der Waals surface area contributed by atoms with Crippen LogP contribution in [0.3, 0.4) is 0 Å². The van der Waals surface area contributed by atoms with E-state index in [9.17, 15) is 0 Å². The minimum Gasteiger partial charge on any atom is -0.384 e. The van der Waals surface area contributed by atoms with Gasteiger partial charge in [-0.25, -0.2) is 0 Å². The first kappa shape index (κ1) is 10.7. The van der Waals surface area contributed by atoms with Crippen molar-refractivity contribution in [3.8, 4) is 11.1 Å². The summed E-state index contributed by atoms with van der Waals surface area (Å²) < 4.78 is 5.06. The molecule has 0 radical (unpaired) electrons. The van der Waals surface area contributed by atoms with Crippen molar-refractivity contribution in [1.82, 2.24) is 10.2 Å². The fourth-order valence-electron chi connectivity index (χ4n) is 1.64. The number of hydrogen-bond acceptors (Lipinski definition) is 3. The number of nitrogens with one attached hydrogen (secondary N) is 1. The van der Waals surface area contributed by atoms with Crippen molar-refractivity contribution in [1.29, 1.82) is 0 Å². The predicted molar refractivity (Wildman–Crippen MR) is 64.0 cm³/mol.